The van der Waals surface area contributed by atoms with Gasteiger partial charge in [-0.15, -0.1) is 12.4 Å². The van der Waals surface area contributed by atoms with Crippen LogP contribution in [-0.4, -0.2) is 30.7 Å². The van der Waals surface area contributed by atoms with E-state index in [1.807, 2.05) is 0 Å². The lowest BCUT2D eigenvalue weighted by atomic mass is 9.95. The smallest absolute Gasteiger partial charge is 0.236 e. The van der Waals surface area contributed by atoms with Crippen LogP contribution < -0.4 is 11.1 Å². The van der Waals surface area contributed by atoms with E-state index >= 15 is 0 Å². The number of carbonyl (C=O) groups excluding carboxylic acids is 1. The van der Waals surface area contributed by atoms with Gasteiger partial charge in [-0.05, 0) is 25.7 Å². The van der Waals surface area contributed by atoms with E-state index in [0.717, 1.165) is 19.4 Å². The molecular formula is C11H23ClN2O2. The number of carbonyl (C=O) groups is 1. The molecule has 16 heavy (non-hydrogen) atoms. The fraction of sp³-hybridized carbons (Fsp3) is 0.909. The molecule has 96 valence electrons. The van der Waals surface area contributed by atoms with Gasteiger partial charge in [0.25, 0.3) is 0 Å². The van der Waals surface area contributed by atoms with Crippen molar-refractivity contribution in [2.75, 3.05) is 6.61 Å². The predicted molar refractivity (Wildman–Crippen MR) is 66.6 cm³/mol. The normalized spacial score (nSPS) is 27.1. The zero-order chi connectivity index (χ0) is 11.4. The fourth-order valence-corrected chi connectivity index (χ4v) is 1.76. The second-order valence-electron chi connectivity index (χ2n) is 4.67. The Bertz CT molecular complexity index is 222. The van der Waals surface area contributed by atoms with Crippen molar-refractivity contribution >= 4 is 18.3 Å². The molecule has 1 saturated heterocycles. The molecule has 0 aromatic carbocycles. The lowest BCUT2D eigenvalue weighted by Crippen LogP contribution is -2.48. The van der Waals surface area contributed by atoms with E-state index < -0.39 is 6.04 Å². The van der Waals surface area contributed by atoms with E-state index in [-0.39, 0.29) is 30.5 Å². The molecule has 1 heterocycles. The average molecular weight is 251 g/mol. The second kappa shape index (κ2) is 7.09. The number of ether oxygens (including phenoxy) is 1. The van der Waals surface area contributed by atoms with E-state index in [0.29, 0.717) is 5.92 Å². The number of hydrogen-bond donors (Lipinski definition) is 2. The molecule has 1 amide bonds. The number of rotatable bonds is 3. The van der Waals surface area contributed by atoms with Gasteiger partial charge >= 0.3 is 0 Å². The van der Waals surface area contributed by atoms with Gasteiger partial charge in [0.1, 0.15) is 0 Å². The number of nitrogens with one attached hydrogen (secondary N) is 1. The topological polar surface area (TPSA) is 64.4 Å². The minimum absolute atomic E-state index is 0. The molecule has 3 atom stereocenters. The number of halogens is 1. The molecule has 0 spiro atoms. The van der Waals surface area contributed by atoms with Crippen molar-refractivity contribution in [1.82, 2.24) is 5.32 Å². The summed E-state index contributed by atoms with van der Waals surface area (Å²) < 4.78 is 5.63. The van der Waals surface area contributed by atoms with Crippen LogP contribution in [0, 0.1) is 5.92 Å². The number of nitrogens with two attached hydrogens (primary N) is 1. The Morgan fingerprint density at radius 3 is 2.56 bits per heavy atom. The van der Waals surface area contributed by atoms with Crippen LogP contribution in [0.25, 0.3) is 0 Å². The van der Waals surface area contributed by atoms with Crippen LogP contribution in [0.5, 0.6) is 0 Å². The lowest BCUT2D eigenvalue weighted by molar-refractivity contribution is -0.124. The van der Waals surface area contributed by atoms with Gasteiger partial charge in [0.05, 0.1) is 12.1 Å². The molecule has 1 rings (SSSR count). The molecule has 1 fully saturated rings. The first kappa shape index (κ1) is 15.7. The fourth-order valence-electron chi connectivity index (χ4n) is 1.76. The summed E-state index contributed by atoms with van der Waals surface area (Å²) in [6.07, 6.45) is 2.05. The zero-order valence-electron chi connectivity index (χ0n) is 10.2. The summed E-state index contributed by atoms with van der Waals surface area (Å²) >= 11 is 0. The second-order valence-corrected chi connectivity index (χ2v) is 4.67. The Balaban J connectivity index is 0.00000225. The van der Waals surface area contributed by atoms with Crippen LogP contribution in [-0.2, 0) is 9.53 Å². The lowest BCUT2D eigenvalue weighted by Gasteiger charge is -2.32. The van der Waals surface area contributed by atoms with Crippen molar-refractivity contribution in [1.29, 1.82) is 0 Å². The van der Waals surface area contributed by atoms with Gasteiger partial charge in [-0.25, -0.2) is 0 Å². The third-order valence-electron chi connectivity index (χ3n) is 2.82. The van der Waals surface area contributed by atoms with Gasteiger partial charge < -0.3 is 15.8 Å². The van der Waals surface area contributed by atoms with E-state index in [1.54, 1.807) is 6.92 Å². The first-order chi connectivity index (χ1) is 7.00. The predicted octanol–water partition coefficient (Wildman–Crippen LogP) is 1.08. The maximum atomic E-state index is 11.4. The molecule has 3 N–H and O–H groups in total. The highest BCUT2D eigenvalue weighted by Crippen LogP contribution is 2.20. The van der Waals surface area contributed by atoms with E-state index in [4.69, 9.17) is 10.5 Å². The van der Waals surface area contributed by atoms with Gasteiger partial charge in [0, 0.05) is 12.6 Å². The Labute approximate surface area is 104 Å². The van der Waals surface area contributed by atoms with Crippen molar-refractivity contribution in [3.8, 4) is 0 Å². The van der Waals surface area contributed by atoms with Crippen molar-refractivity contribution in [3.63, 3.8) is 0 Å². The molecule has 4 nitrogen and oxygen atoms in total. The standard InChI is InChI=1S/C11H22N2O2.ClH/c1-7(2)10-6-9(4-5-15-10)13-11(14)8(3)12;/h7-10H,4-6,12H2,1-3H3,(H,13,14);1H/t8-,9?,10?;/m1./s1. The quantitative estimate of drug-likeness (QED) is 0.788. The molecule has 0 bridgehead atoms. The minimum Gasteiger partial charge on any atom is -0.378 e. The van der Waals surface area contributed by atoms with Crippen LogP contribution >= 0.6 is 12.4 Å². The third kappa shape index (κ3) is 4.68. The van der Waals surface area contributed by atoms with E-state index in [2.05, 4.69) is 19.2 Å². The van der Waals surface area contributed by atoms with Gasteiger partial charge in [-0.2, -0.15) is 0 Å². The molecular weight excluding hydrogens is 228 g/mol. The summed E-state index contributed by atoms with van der Waals surface area (Å²) in [7, 11) is 0. The Morgan fingerprint density at radius 1 is 1.44 bits per heavy atom. The van der Waals surface area contributed by atoms with Crippen LogP contribution in [0.1, 0.15) is 33.6 Å². The first-order valence-corrected chi connectivity index (χ1v) is 5.68. The highest BCUT2D eigenvalue weighted by Gasteiger charge is 2.26. The largest absolute Gasteiger partial charge is 0.378 e. The van der Waals surface area contributed by atoms with E-state index in [1.165, 1.54) is 0 Å². The summed E-state index contributed by atoms with van der Waals surface area (Å²) in [5.41, 5.74) is 5.50. The molecule has 1 aliphatic rings. The molecule has 0 aromatic heterocycles. The maximum absolute atomic E-state index is 11.4. The summed E-state index contributed by atoms with van der Waals surface area (Å²) in [6.45, 7) is 6.71. The zero-order valence-corrected chi connectivity index (χ0v) is 11.0. The summed E-state index contributed by atoms with van der Waals surface area (Å²) in [5.74, 6) is 0.435. The molecule has 0 radical (unpaired) electrons. The third-order valence-corrected chi connectivity index (χ3v) is 2.82. The number of amides is 1. The average Bonchev–Trinajstić information content (AvgIpc) is 2.18. The molecule has 0 aliphatic carbocycles. The van der Waals surface area contributed by atoms with Crippen LogP contribution in [0.3, 0.4) is 0 Å². The summed E-state index contributed by atoms with van der Waals surface area (Å²) in [4.78, 5) is 11.4. The molecule has 1 aliphatic heterocycles. The summed E-state index contributed by atoms with van der Waals surface area (Å²) in [5, 5.41) is 2.96. The molecule has 2 unspecified atom stereocenters. The molecule has 0 saturated carbocycles. The Kier molecular flexibility index (Phi) is 6.95. The molecule has 5 heteroatoms. The Morgan fingerprint density at radius 2 is 2.06 bits per heavy atom. The van der Waals surface area contributed by atoms with Crippen molar-refractivity contribution < 1.29 is 9.53 Å². The van der Waals surface area contributed by atoms with Crippen LogP contribution in [0.4, 0.5) is 0 Å². The monoisotopic (exact) mass is 250 g/mol. The van der Waals surface area contributed by atoms with Gasteiger partial charge in [-0.3, -0.25) is 4.79 Å². The Hall–Kier alpha value is -0.320. The maximum Gasteiger partial charge on any atom is 0.236 e. The van der Waals surface area contributed by atoms with Gasteiger partial charge in [0.15, 0.2) is 0 Å². The van der Waals surface area contributed by atoms with E-state index in [9.17, 15) is 4.79 Å². The SMILES string of the molecule is CC(C)C1CC(NC(=O)[C@@H](C)N)CCO1.Cl. The van der Waals surface area contributed by atoms with Crippen LogP contribution in [0.15, 0.2) is 0 Å². The summed E-state index contributed by atoms with van der Waals surface area (Å²) in [6, 6.07) is -0.199. The van der Waals surface area contributed by atoms with Crippen molar-refractivity contribution in [2.24, 2.45) is 11.7 Å². The van der Waals surface area contributed by atoms with Crippen molar-refractivity contribution in [2.45, 2.75) is 51.8 Å². The first-order valence-electron chi connectivity index (χ1n) is 5.68. The molecule has 0 aromatic rings. The van der Waals surface area contributed by atoms with Gasteiger partial charge in [-0.1, -0.05) is 13.8 Å². The van der Waals surface area contributed by atoms with Crippen molar-refractivity contribution in [3.05, 3.63) is 0 Å². The van der Waals surface area contributed by atoms with Crippen LogP contribution in [0.2, 0.25) is 0 Å². The highest BCUT2D eigenvalue weighted by atomic mass is 35.5. The highest BCUT2D eigenvalue weighted by molar-refractivity contribution is 5.85. The number of hydrogen-bond acceptors (Lipinski definition) is 3. The minimum atomic E-state index is -0.426. The van der Waals surface area contributed by atoms with Gasteiger partial charge in [0.2, 0.25) is 5.91 Å².